The van der Waals surface area contributed by atoms with E-state index in [9.17, 15) is 5.26 Å². The van der Waals surface area contributed by atoms with Gasteiger partial charge in [-0.15, -0.1) is 11.8 Å². The van der Waals surface area contributed by atoms with E-state index in [1.54, 1.807) is 0 Å². The summed E-state index contributed by atoms with van der Waals surface area (Å²) in [7, 11) is 0. The van der Waals surface area contributed by atoms with Crippen molar-refractivity contribution >= 4 is 50.7 Å². The number of thioether (sulfide) groups is 1. The molecule has 4 nitrogen and oxygen atoms in total. The average Bonchev–Trinajstić information content (AvgIpc) is 3.58. The number of nitriles is 1. The summed E-state index contributed by atoms with van der Waals surface area (Å²) in [6.07, 6.45) is 6.20. The smallest absolute Gasteiger partial charge is 0.133 e. The third-order valence-corrected chi connectivity index (χ3v) is 11.3. The lowest BCUT2D eigenvalue weighted by atomic mass is 9.95. The topological polar surface area (TPSA) is 53.1 Å². The second kappa shape index (κ2) is 10.8. The van der Waals surface area contributed by atoms with E-state index >= 15 is 0 Å². The number of hydrogen-bond donors (Lipinski definition) is 1. The Hall–Kier alpha value is -5.05. The number of aliphatic imine (C=N–C) groups is 1. The van der Waals surface area contributed by atoms with Gasteiger partial charge in [0.25, 0.3) is 0 Å². The van der Waals surface area contributed by atoms with E-state index in [1.807, 2.05) is 24.3 Å². The first-order chi connectivity index (χ1) is 22.7. The lowest BCUT2D eigenvalue weighted by Gasteiger charge is -2.26. The molecule has 3 aliphatic rings. The Balaban J connectivity index is 1.21. The van der Waals surface area contributed by atoms with Gasteiger partial charge < -0.3 is 9.88 Å². The highest BCUT2D eigenvalue weighted by atomic mass is 32.2. The Bertz CT molecular complexity index is 2280. The number of anilines is 1. The van der Waals surface area contributed by atoms with E-state index in [-0.39, 0.29) is 6.04 Å². The van der Waals surface area contributed by atoms with E-state index in [1.165, 1.54) is 50.7 Å². The minimum Gasteiger partial charge on any atom is -0.340 e. The maximum Gasteiger partial charge on any atom is 0.133 e. The predicted molar refractivity (Wildman–Crippen MR) is 191 cm³/mol. The summed E-state index contributed by atoms with van der Waals surface area (Å²) in [6.45, 7) is 2.38. The zero-order valence-electron chi connectivity index (χ0n) is 25.6. The van der Waals surface area contributed by atoms with E-state index in [0.717, 1.165) is 46.2 Å². The largest absolute Gasteiger partial charge is 0.340 e. The van der Waals surface area contributed by atoms with E-state index in [2.05, 4.69) is 126 Å². The van der Waals surface area contributed by atoms with Crippen molar-refractivity contribution < 1.29 is 0 Å². The molecule has 0 fully saturated rings. The predicted octanol–water partition coefficient (Wildman–Crippen LogP) is 10.3. The van der Waals surface area contributed by atoms with Crippen LogP contribution in [0.15, 0.2) is 125 Å². The van der Waals surface area contributed by atoms with Crippen LogP contribution in [0.3, 0.4) is 0 Å². The van der Waals surface area contributed by atoms with Crippen molar-refractivity contribution in [2.75, 3.05) is 5.32 Å². The third-order valence-electron chi connectivity index (χ3n) is 9.87. The fourth-order valence-electron chi connectivity index (χ4n) is 7.50. The Morgan fingerprint density at radius 2 is 1.72 bits per heavy atom. The number of para-hydroxylation sites is 2. The second-order valence-electron chi connectivity index (χ2n) is 12.8. The molecule has 9 rings (SSSR count). The average molecular weight is 613 g/mol. The molecule has 0 spiro atoms. The number of benzene rings is 5. The first-order valence-electron chi connectivity index (χ1n) is 16.1. The van der Waals surface area contributed by atoms with Gasteiger partial charge in [0, 0.05) is 43.4 Å². The van der Waals surface area contributed by atoms with Crippen LogP contribution in [0.25, 0.3) is 33.1 Å². The summed E-state index contributed by atoms with van der Waals surface area (Å²) in [6, 6.07) is 40.6. The normalized spacial score (nSPS) is 20.1. The molecular formula is C41H32N4S. The molecule has 5 aromatic carbocycles. The quantitative estimate of drug-likeness (QED) is 0.216. The van der Waals surface area contributed by atoms with Gasteiger partial charge in [-0.2, -0.15) is 5.26 Å². The maximum absolute atomic E-state index is 9.36. The summed E-state index contributed by atoms with van der Waals surface area (Å²) in [5.41, 5.74) is 11.5. The number of rotatable bonds is 3. The third kappa shape index (κ3) is 4.32. The Labute approximate surface area is 273 Å². The number of nitrogens with zero attached hydrogens (tertiary/aromatic N) is 3. The van der Waals surface area contributed by atoms with Crippen LogP contribution >= 0.6 is 11.8 Å². The molecule has 46 heavy (non-hydrogen) atoms. The molecule has 0 radical (unpaired) electrons. The molecule has 2 aliphatic heterocycles. The zero-order valence-corrected chi connectivity index (χ0v) is 26.4. The maximum atomic E-state index is 9.36. The van der Waals surface area contributed by atoms with Crippen molar-refractivity contribution in [3.63, 3.8) is 0 Å². The molecular weight excluding hydrogens is 581 g/mol. The van der Waals surface area contributed by atoms with Gasteiger partial charge in [0.05, 0.1) is 22.7 Å². The number of fused-ring (bicyclic) bond motifs is 8. The molecule has 1 aliphatic carbocycles. The molecule has 3 unspecified atom stereocenters. The molecule has 1 N–H and O–H groups in total. The number of aromatic nitrogens is 1. The molecule has 3 heterocycles. The molecule has 0 bridgehead atoms. The summed E-state index contributed by atoms with van der Waals surface area (Å²) < 4.78 is 2.48. The minimum absolute atomic E-state index is 0.167. The molecule has 5 heteroatoms. The van der Waals surface area contributed by atoms with Crippen LogP contribution in [-0.4, -0.2) is 15.7 Å². The number of allylic oxidation sites excluding steroid dienone is 1. The van der Waals surface area contributed by atoms with Gasteiger partial charge in [0.15, 0.2) is 0 Å². The second-order valence-corrected chi connectivity index (χ2v) is 14.0. The highest BCUT2D eigenvalue weighted by molar-refractivity contribution is 8.01. The fraction of sp³-hybridized carbons (Fsp3) is 0.171. The SMILES string of the molecule is CC1CC=C2c3ccc4c5ccccc5n(-c5cccc(C6=NC(c7ccc(C#N)cc7)c7ccccc7N6)c5)c4c3SC2CC1. The van der Waals surface area contributed by atoms with E-state index < -0.39 is 0 Å². The van der Waals surface area contributed by atoms with Crippen LogP contribution < -0.4 is 5.32 Å². The zero-order chi connectivity index (χ0) is 30.8. The van der Waals surface area contributed by atoms with Crippen LogP contribution in [0.2, 0.25) is 0 Å². The molecule has 222 valence electrons. The molecule has 0 amide bonds. The summed E-state index contributed by atoms with van der Waals surface area (Å²) >= 11 is 2.07. The standard InChI is InChI=1S/C41H32N4S/c1-25-13-19-31-33-21-20-32-30-9-3-5-12-36(30)45(39(32)40(33)46-37(31)22-14-25)29-8-6-7-28(23-29)41-43-35-11-4-2-10-34(35)38(44-41)27-17-15-26(24-42)16-18-27/h2-12,15-21,23,25,37-38H,13-14,22H2,1H3,(H,43,44). The lowest BCUT2D eigenvalue weighted by Crippen LogP contribution is -2.22. The first-order valence-corrected chi connectivity index (χ1v) is 17.0. The van der Waals surface area contributed by atoms with Crippen LogP contribution in [0.1, 0.15) is 60.0 Å². The number of amidine groups is 1. The van der Waals surface area contributed by atoms with Crippen LogP contribution in [0.5, 0.6) is 0 Å². The molecule has 6 aromatic rings. The minimum atomic E-state index is -0.167. The number of nitrogens with one attached hydrogen (secondary N) is 1. The number of hydrogen-bond acceptors (Lipinski definition) is 4. The molecule has 0 saturated carbocycles. The summed E-state index contributed by atoms with van der Waals surface area (Å²) in [5, 5.41) is 16.1. The molecule has 3 atom stereocenters. The van der Waals surface area contributed by atoms with Gasteiger partial charge in [-0.25, -0.2) is 0 Å². The van der Waals surface area contributed by atoms with Crippen LogP contribution in [0, 0.1) is 17.2 Å². The van der Waals surface area contributed by atoms with E-state index in [0.29, 0.717) is 10.8 Å². The van der Waals surface area contributed by atoms with Gasteiger partial charge in [0.1, 0.15) is 11.9 Å². The van der Waals surface area contributed by atoms with Crippen LogP contribution in [-0.2, 0) is 0 Å². The van der Waals surface area contributed by atoms with E-state index in [4.69, 9.17) is 4.99 Å². The van der Waals surface area contributed by atoms with Crippen molar-refractivity contribution in [2.45, 2.75) is 42.4 Å². The van der Waals surface area contributed by atoms with Crippen molar-refractivity contribution in [2.24, 2.45) is 10.9 Å². The Morgan fingerprint density at radius 1 is 0.870 bits per heavy atom. The fourth-order valence-corrected chi connectivity index (χ4v) is 9.01. The van der Waals surface area contributed by atoms with Crippen molar-refractivity contribution in [1.82, 2.24) is 4.57 Å². The molecule has 0 saturated heterocycles. The summed E-state index contributed by atoms with van der Waals surface area (Å²) in [5.74, 6) is 1.59. The highest BCUT2D eigenvalue weighted by Crippen LogP contribution is 2.53. The lowest BCUT2D eigenvalue weighted by molar-refractivity contribution is 0.535. The first kappa shape index (κ1) is 27.3. The Morgan fingerprint density at radius 3 is 2.61 bits per heavy atom. The van der Waals surface area contributed by atoms with Gasteiger partial charge in [-0.05, 0) is 78.3 Å². The van der Waals surface area contributed by atoms with Gasteiger partial charge >= 0.3 is 0 Å². The Kier molecular flexibility index (Phi) is 6.40. The highest BCUT2D eigenvalue weighted by Gasteiger charge is 2.33. The van der Waals surface area contributed by atoms with Gasteiger partial charge in [-0.1, -0.05) is 85.8 Å². The van der Waals surface area contributed by atoms with Crippen LogP contribution in [0.4, 0.5) is 5.69 Å². The van der Waals surface area contributed by atoms with Crippen molar-refractivity contribution in [3.8, 4) is 11.8 Å². The monoisotopic (exact) mass is 612 g/mol. The molecule has 1 aromatic heterocycles. The van der Waals surface area contributed by atoms with Crippen molar-refractivity contribution in [3.05, 3.63) is 143 Å². The van der Waals surface area contributed by atoms with Gasteiger partial charge in [0.2, 0.25) is 0 Å². The van der Waals surface area contributed by atoms with Gasteiger partial charge in [-0.3, -0.25) is 4.99 Å². The van der Waals surface area contributed by atoms with Crippen molar-refractivity contribution in [1.29, 1.82) is 5.26 Å². The summed E-state index contributed by atoms with van der Waals surface area (Å²) in [4.78, 5) is 6.70.